The molecule has 1 aromatic carbocycles. The van der Waals surface area contributed by atoms with E-state index in [1.54, 1.807) is 11.3 Å². The van der Waals surface area contributed by atoms with E-state index < -0.39 is 0 Å². The number of hydrogen-bond donors (Lipinski definition) is 1. The fourth-order valence-corrected chi connectivity index (χ4v) is 2.97. The molecule has 0 spiro atoms. The van der Waals surface area contributed by atoms with Gasteiger partial charge in [0.2, 0.25) is 0 Å². The Hall–Kier alpha value is -1.10. The van der Waals surface area contributed by atoms with Gasteiger partial charge in [-0.25, -0.2) is 4.98 Å². The Morgan fingerprint density at radius 2 is 2.25 bits per heavy atom. The molecule has 0 amide bonds. The number of halogens is 1. The monoisotopic (exact) mass is 310 g/mol. The van der Waals surface area contributed by atoms with Gasteiger partial charge in [-0.05, 0) is 38.0 Å². The van der Waals surface area contributed by atoms with Crippen molar-refractivity contribution in [2.45, 2.75) is 39.3 Å². The van der Waals surface area contributed by atoms with Crippen molar-refractivity contribution in [3.05, 3.63) is 44.9 Å². The highest BCUT2D eigenvalue weighted by Gasteiger charge is 2.10. The van der Waals surface area contributed by atoms with Crippen LogP contribution in [0, 0.1) is 0 Å². The Morgan fingerprint density at radius 3 is 2.95 bits per heavy atom. The van der Waals surface area contributed by atoms with Crippen LogP contribution in [0.15, 0.2) is 23.6 Å². The van der Waals surface area contributed by atoms with Crippen LogP contribution in [0.1, 0.15) is 42.6 Å². The highest BCUT2D eigenvalue weighted by Crippen LogP contribution is 2.28. The molecule has 0 unspecified atom stereocenters. The first-order valence-electron chi connectivity index (χ1n) is 6.71. The van der Waals surface area contributed by atoms with E-state index in [0.717, 1.165) is 34.9 Å². The zero-order chi connectivity index (χ0) is 14.5. The third-order valence-corrected chi connectivity index (χ3v) is 4.09. The third-order valence-electron chi connectivity index (χ3n) is 2.90. The second-order valence-electron chi connectivity index (χ2n) is 4.74. The van der Waals surface area contributed by atoms with Gasteiger partial charge in [0.05, 0.1) is 10.7 Å². The number of hydrogen-bond acceptors (Lipinski definition) is 4. The number of thiazole rings is 1. The van der Waals surface area contributed by atoms with Crippen LogP contribution in [-0.2, 0) is 13.0 Å². The standard InChI is InChI=1S/C15H19ClN2OS/c1-3-4-15-18-12(9-20-15)8-19-14-6-5-11(16)7-13(14)10(2)17/h5-7,9-10H,3-4,8,17H2,1-2H3/t10-/m0/s1. The molecule has 0 fully saturated rings. The summed E-state index contributed by atoms with van der Waals surface area (Å²) < 4.78 is 5.84. The lowest BCUT2D eigenvalue weighted by Crippen LogP contribution is -2.08. The van der Waals surface area contributed by atoms with Gasteiger partial charge in [0.1, 0.15) is 12.4 Å². The van der Waals surface area contributed by atoms with Gasteiger partial charge < -0.3 is 10.5 Å². The molecule has 2 rings (SSSR count). The average molecular weight is 311 g/mol. The van der Waals surface area contributed by atoms with Crippen LogP contribution < -0.4 is 10.5 Å². The van der Waals surface area contributed by atoms with Crippen LogP contribution in [0.2, 0.25) is 5.02 Å². The van der Waals surface area contributed by atoms with E-state index in [2.05, 4.69) is 11.9 Å². The minimum Gasteiger partial charge on any atom is -0.487 e. The van der Waals surface area contributed by atoms with Gasteiger partial charge in [0, 0.05) is 22.0 Å². The second-order valence-corrected chi connectivity index (χ2v) is 6.12. The van der Waals surface area contributed by atoms with E-state index in [1.807, 2.05) is 30.5 Å². The van der Waals surface area contributed by atoms with Crippen LogP contribution in [0.5, 0.6) is 5.75 Å². The first-order valence-corrected chi connectivity index (χ1v) is 7.97. The summed E-state index contributed by atoms with van der Waals surface area (Å²) in [4.78, 5) is 4.54. The number of aryl methyl sites for hydroxylation is 1. The largest absolute Gasteiger partial charge is 0.487 e. The molecule has 1 heterocycles. The van der Waals surface area contributed by atoms with Gasteiger partial charge >= 0.3 is 0 Å². The van der Waals surface area contributed by atoms with Crippen LogP contribution in [-0.4, -0.2) is 4.98 Å². The summed E-state index contributed by atoms with van der Waals surface area (Å²) in [6.45, 7) is 4.53. The summed E-state index contributed by atoms with van der Waals surface area (Å²) in [6, 6.07) is 5.41. The molecule has 0 saturated carbocycles. The fraction of sp³-hybridized carbons (Fsp3) is 0.400. The number of rotatable bonds is 6. The lowest BCUT2D eigenvalue weighted by molar-refractivity contribution is 0.297. The lowest BCUT2D eigenvalue weighted by Gasteiger charge is -2.13. The van der Waals surface area contributed by atoms with Gasteiger partial charge in [-0.15, -0.1) is 11.3 Å². The van der Waals surface area contributed by atoms with E-state index >= 15 is 0 Å². The summed E-state index contributed by atoms with van der Waals surface area (Å²) in [5, 5.41) is 3.88. The molecule has 0 aliphatic carbocycles. The van der Waals surface area contributed by atoms with E-state index in [0.29, 0.717) is 11.6 Å². The van der Waals surface area contributed by atoms with Gasteiger partial charge in [-0.3, -0.25) is 0 Å². The topological polar surface area (TPSA) is 48.1 Å². The smallest absolute Gasteiger partial charge is 0.131 e. The summed E-state index contributed by atoms with van der Waals surface area (Å²) in [7, 11) is 0. The van der Waals surface area contributed by atoms with Gasteiger partial charge in [-0.2, -0.15) is 0 Å². The lowest BCUT2D eigenvalue weighted by atomic mass is 10.1. The maximum Gasteiger partial charge on any atom is 0.131 e. The summed E-state index contributed by atoms with van der Waals surface area (Å²) in [6.07, 6.45) is 2.14. The molecule has 0 saturated heterocycles. The summed E-state index contributed by atoms with van der Waals surface area (Å²) >= 11 is 7.68. The zero-order valence-electron chi connectivity index (χ0n) is 11.7. The van der Waals surface area contributed by atoms with Crippen molar-refractivity contribution in [2.24, 2.45) is 5.73 Å². The van der Waals surface area contributed by atoms with Crippen LogP contribution >= 0.6 is 22.9 Å². The van der Waals surface area contributed by atoms with Crippen molar-refractivity contribution in [2.75, 3.05) is 0 Å². The molecule has 0 aliphatic heterocycles. The first-order chi connectivity index (χ1) is 9.60. The molecule has 0 aliphatic rings. The molecule has 1 aromatic heterocycles. The Labute approximate surface area is 128 Å². The Morgan fingerprint density at radius 1 is 1.45 bits per heavy atom. The molecule has 108 valence electrons. The predicted octanol–water partition coefficient (Wildman–Crippen LogP) is 4.35. The minimum atomic E-state index is -0.116. The third kappa shape index (κ3) is 3.95. The molecule has 5 heteroatoms. The van der Waals surface area contributed by atoms with E-state index in [9.17, 15) is 0 Å². The van der Waals surface area contributed by atoms with Crippen molar-refractivity contribution in [1.82, 2.24) is 4.98 Å². The predicted molar refractivity (Wildman–Crippen MR) is 84.5 cm³/mol. The molecule has 3 nitrogen and oxygen atoms in total. The molecule has 20 heavy (non-hydrogen) atoms. The zero-order valence-corrected chi connectivity index (χ0v) is 13.3. The van der Waals surface area contributed by atoms with Crippen LogP contribution in [0.25, 0.3) is 0 Å². The quantitative estimate of drug-likeness (QED) is 0.863. The molecule has 0 radical (unpaired) electrons. The fourth-order valence-electron chi connectivity index (χ4n) is 1.90. The van der Waals surface area contributed by atoms with Gasteiger partial charge in [0.25, 0.3) is 0 Å². The normalized spacial score (nSPS) is 12.4. The highest BCUT2D eigenvalue weighted by atomic mass is 35.5. The summed E-state index contributed by atoms with van der Waals surface area (Å²) in [5.41, 5.74) is 7.82. The van der Waals surface area contributed by atoms with Gasteiger partial charge in [0.15, 0.2) is 0 Å². The number of nitrogens with zero attached hydrogens (tertiary/aromatic N) is 1. The first kappa shape index (κ1) is 15.3. The Bertz CT molecular complexity index is 569. The second kappa shape index (κ2) is 7.07. The number of nitrogens with two attached hydrogens (primary N) is 1. The molecule has 2 N–H and O–H groups in total. The van der Waals surface area contributed by atoms with Crippen molar-refractivity contribution < 1.29 is 4.74 Å². The number of ether oxygens (including phenoxy) is 1. The van der Waals surface area contributed by atoms with Crippen molar-refractivity contribution in [3.63, 3.8) is 0 Å². The van der Waals surface area contributed by atoms with E-state index in [1.165, 1.54) is 0 Å². The number of aromatic nitrogens is 1. The van der Waals surface area contributed by atoms with E-state index in [4.69, 9.17) is 22.1 Å². The SMILES string of the molecule is CCCc1nc(COc2ccc(Cl)cc2[C@H](C)N)cs1. The Kier molecular flexibility index (Phi) is 5.40. The molecular formula is C15H19ClN2OS. The van der Waals surface area contributed by atoms with E-state index in [-0.39, 0.29) is 6.04 Å². The summed E-state index contributed by atoms with van der Waals surface area (Å²) in [5.74, 6) is 0.773. The maximum absolute atomic E-state index is 5.99. The molecule has 2 aromatic rings. The average Bonchev–Trinajstić information content (AvgIpc) is 2.85. The maximum atomic E-state index is 5.99. The van der Waals surface area contributed by atoms with Crippen LogP contribution in [0.3, 0.4) is 0 Å². The molecular weight excluding hydrogens is 292 g/mol. The van der Waals surface area contributed by atoms with Crippen molar-refractivity contribution >= 4 is 22.9 Å². The van der Waals surface area contributed by atoms with Crippen LogP contribution in [0.4, 0.5) is 0 Å². The van der Waals surface area contributed by atoms with Gasteiger partial charge in [-0.1, -0.05) is 18.5 Å². The van der Waals surface area contributed by atoms with Crippen molar-refractivity contribution in [3.8, 4) is 5.75 Å². The Balaban J connectivity index is 2.06. The minimum absolute atomic E-state index is 0.116. The highest BCUT2D eigenvalue weighted by molar-refractivity contribution is 7.09. The van der Waals surface area contributed by atoms with Crippen molar-refractivity contribution in [1.29, 1.82) is 0 Å². The molecule has 1 atom stereocenters. The molecule has 0 bridgehead atoms. The number of benzene rings is 1.